The third-order valence-electron chi connectivity index (χ3n) is 9.64. The van der Waals surface area contributed by atoms with Crippen molar-refractivity contribution in [3.8, 4) is 5.75 Å². The zero-order valence-corrected chi connectivity index (χ0v) is 25.8. The fourth-order valence-corrected chi connectivity index (χ4v) is 6.96. The van der Waals surface area contributed by atoms with Gasteiger partial charge in [-0.25, -0.2) is 0 Å². The monoisotopic (exact) mass is 589 g/mol. The fourth-order valence-electron chi connectivity index (χ4n) is 6.96. The molecule has 1 saturated heterocycles. The van der Waals surface area contributed by atoms with Crippen molar-refractivity contribution in [2.24, 2.45) is 17.8 Å². The highest BCUT2D eigenvalue weighted by atomic mass is 16.5. The lowest BCUT2D eigenvalue weighted by atomic mass is 9.91. The van der Waals surface area contributed by atoms with E-state index >= 15 is 0 Å². The number of benzene rings is 2. The largest absolute Gasteiger partial charge is 0.491 e. The van der Waals surface area contributed by atoms with Crippen molar-refractivity contribution >= 4 is 23.4 Å². The van der Waals surface area contributed by atoms with E-state index in [1.807, 2.05) is 57.2 Å². The van der Waals surface area contributed by atoms with E-state index < -0.39 is 18.1 Å². The topological polar surface area (TPSA) is 108 Å². The van der Waals surface area contributed by atoms with Gasteiger partial charge in [-0.2, -0.15) is 0 Å². The molecule has 1 aliphatic heterocycles. The van der Waals surface area contributed by atoms with E-state index in [1.54, 1.807) is 17.0 Å². The molecule has 3 fully saturated rings. The molecule has 7 atom stereocenters. The first-order valence-electron chi connectivity index (χ1n) is 16.2. The molecule has 0 radical (unpaired) electrons. The summed E-state index contributed by atoms with van der Waals surface area (Å²) in [6.45, 7) is 6.45. The van der Waals surface area contributed by atoms with Gasteiger partial charge in [0.1, 0.15) is 5.75 Å². The zero-order valence-electron chi connectivity index (χ0n) is 25.8. The van der Waals surface area contributed by atoms with E-state index in [1.165, 1.54) is 19.3 Å². The van der Waals surface area contributed by atoms with Crippen molar-refractivity contribution in [3.63, 3.8) is 0 Å². The SMILES string of the molecule is CCC(C)Oc1cc(C(=O)N[C@@H](Cc2ccccc2)[C@@H](O)C[C@@H](C)C(=O)NC2CC3CCC2C3)cc(N2CCCC2=O)c1. The first kappa shape index (κ1) is 31.0. The summed E-state index contributed by atoms with van der Waals surface area (Å²) in [7, 11) is 0. The molecule has 8 nitrogen and oxygen atoms in total. The van der Waals surface area contributed by atoms with Crippen LogP contribution in [0, 0.1) is 17.8 Å². The van der Waals surface area contributed by atoms with E-state index in [9.17, 15) is 19.5 Å². The molecule has 2 bridgehead atoms. The Bertz CT molecular complexity index is 1280. The number of nitrogens with one attached hydrogen (secondary N) is 2. The van der Waals surface area contributed by atoms with Crippen LogP contribution in [0.15, 0.2) is 48.5 Å². The van der Waals surface area contributed by atoms with Crippen LogP contribution in [0.5, 0.6) is 5.75 Å². The van der Waals surface area contributed by atoms with E-state index in [0.29, 0.717) is 42.3 Å². The Morgan fingerprint density at radius 1 is 1.09 bits per heavy atom. The van der Waals surface area contributed by atoms with Crippen LogP contribution < -0.4 is 20.3 Å². The number of carbonyl (C=O) groups excluding carboxylic acids is 3. The predicted molar refractivity (Wildman–Crippen MR) is 167 cm³/mol. The minimum Gasteiger partial charge on any atom is -0.491 e. The van der Waals surface area contributed by atoms with Gasteiger partial charge in [-0.3, -0.25) is 14.4 Å². The lowest BCUT2D eigenvalue weighted by Crippen LogP contribution is -2.47. The van der Waals surface area contributed by atoms with Crippen molar-refractivity contribution in [3.05, 3.63) is 59.7 Å². The van der Waals surface area contributed by atoms with Gasteiger partial charge in [0.2, 0.25) is 11.8 Å². The summed E-state index contributed by atoms with van der Waals surface area (Å²) in [5.74, 6) is 1.09. The van der Waals surface area contributed by atoms with Crippen LogP contribution in [0.1, 0.15) is 88.1 Å². The first-order valence-corrected chi connectivity index (χ1v) is 16.2. The number of fused-ring (bicyclic) bond motifs is 2. The van der Waals surface area contributed by atoms with E-state index in [-0.39, 0.29) is 36.3 Å². The van der Waals surface area contributed by atoms with Crippen LogP contribution in [-0.4, -0.2) is 53.7 Å². The molecule has 8 heteroatoms. The lowest BCUT2D eigenvalue weighted by molar-refractivity contribution is -0.126. The number of amides is 3. The number of aliphatic hydroxyl groups excluding tert-OH is 1. The average molecular weight is 590 g/mol. The Kier molecular flexibility index (Phi) is 10.1. The van der Waals surface area contributed by atoms with Gasteiger partial charge in [0.05, 0.1) is 18.2 Å². The molecule has 2 aromatic rings. The molecular formula is C35H47N3O5. The minimum atomic E-state index is -0.941. The third kappa shape index (κ3) is 7.77. The molecule has 4 unspecified atom stereocenters. The van der Waals surface area contributed by atoms with E-state index in [0.717, 1.165) is 30.7 Å². The van der Waals surface area contributed by atoms with Gasteiger partial charge in [-0.1, -0.05) is 50.6 Å². The molecule has 2 aromatic carbocycles. The number of anilines is 1. The average Bonchev–Trinajstić information content (AvgIpc) is 3.74. The number of nitrogens with zero attached hydrogens (tertiary/aromatic N) is 1. The van der Waals surface area contributed by atoms with Crippen LogP contribution in [-0.2, 0) is 16.0 Å². The molecule has 2 saturated carbocycles. The molecule has 0 aromatic heterocycles. The minimum absolute atomic E-state index is 0.0297. The Labute approximate surface area is 255 Å². The summed E-state index contributed by atoms with van der Waals surface area (Å²) in [4.78, 5) is 41.1. The third-order valence-corrected chi connectivity index (χ3v) is 9.64. The highest BCUT2D eigenvalue weighted by molar-refractivity contribution is 5.99. The van der Waals surface area contributed by atoms with E-state index in [2.05, 4.69) is 10.6 Å². The second-order valence-corrected chi connectivity index (χ2v) is 13.0. The number of aliphatic hydroxyl groups is 1. The summed E-state index contributed by atoms with van der Waals surface area (Å²) in [6, 6.07) is 14.6. The van der Waals surface area contributed by atoms with Gasteiger partial charge in [0.15, 0.2) is 0 Å². The van der Waals surface area contributed by atoms with Crippen LogP contribution in [0.4, 0.5) is 5.69 Å². The van der Waals surface area contributed by atoms with Gasteiger partial charge in [-0.05, 0) is 81.4 Å². The first-order chi connectivity index (χ1) is 20.7. The molecule has 0 spiro atoms. The molecule has 232 valence electrons. The molecular weight excluding hydrogens is 542 g/mol. The quantitative estimate of drug-likeness (QED) is 0.304. The lowest BCUT2D eigenvalue weighted by Gasteiger charge is -2.28. The fraction of sp³-hybridized carbons (Fsp3) is 0.571. The van der Waals surface area contributed by atoms with Crippen LogP contribution in [0.25, 0.3) is 0 Å². The maximum atomic E-state index is 13.8. The summed E-state index contributed by atoms with van der Waals surface area (Å²) < 4.78 is 6.08. The van der Waals surface area contributed by atoms with Gasteiger partial charge in [-0.15, -0.1) is 0 Å². The van der Waals surface area contributed by atoms with Gasteiger partial charge < -0.3 is 25.4 Å². The Hall–Kier alpha value is -3.39. The molecule has 3 N–H and O–H groups in total. The Balaban J connectivity index is 1.32. The number of ether oxygens (including phenoxy) is 1. The van der Waals surface area contributed by atoms with Gasteiger partial charge >= 0.3 is 0 Å². The smallest absolute Gasteiger partial charge is 0.251 e. The second kappa shape index (κ2) is 13.9. The maximum Gasteiger partial charge on any atom is 0.251 e. The highest BCUT2D eigenvalue weighted by Crippen LogP contribution is 2.44. The Morgan fingerprint density at radius 2 is 1.88 bits per heavy atom. The van der Waals surface area contributed by atoms with Crippen molar-refractivity contribution < 1.29 is 24.2 Å². The van der Waals surface area contributed by atoms with Crippen LogP contribution in [0.2, 0.25) is 0 Å². The number of hydrogen-bond acceptors (Lipinski definition) is 5. The second-order valence-electron chi connectivity index (χ2n) is 13.0. The number of hydrogen-bond donors (Lipinski definition) is 3. The molecule has 5 rings (SSSR count). The standard InChI is InChI=1S/C35H47N3O5/c1-4-23(3)43-29-20-27(19-28(21-29)38-14-8-11-33(38)40)35(42)37-31(17-24-9-6-5-7-10-24)32(39)15-22(2)34(41)36-30-18-25-12-13-26(30)16-25/h5-7,9-10,19-23,25-26,30-32,39H,4,8,11-18H2,1-3H3,(H,36,41)(H,37,42)/t22-,23?,25?,26?,30?,31+,32+/m1/s1. The highest BCUT2D eigenvalue weighted by Gasteiger charge is 2.40. The maximum absolute atomic E-state index is 13.8. The number of carbonyl (C=O) groups is 3. The van der Waals surface area contributed by atoms with E-state index in [4.69, 9.17) is 4.74 Å². The zero-order chi connectivity index (χ0) is 30.5. The normalized spacial score (nSPS) is 24.0. The Morgan fingerprint density at radius 3 is 2.53 bits per heavy atom. The van der Waals surface area contributed by atoms with Crippen molar-refractivity contribution in [2.45, 2.75) is 103 Å². The van der Waals surface area contributed by atoms with Crippen molar-refractivity contribution in [2.75, 3.05) is 11.4 Å². The predicted octanol–water partition coefficient (Wildman–Crippen LogP) is 5.02. The molecule has 3 amide bonds. The molecule has 2 aliphatic carbocycles. The summed E-state index contributed by atoms with van der Waals surface area (Å²) in [5, 5.41) is 17.8. The van der Waals surface area contributed by atoms with Crippen molar-refractivity contribution in [1.29, 1.82) is 0 Å². The van der Waals surface area contributed by atoms with Crippen LogP contribution in [0.3, 0.4) is 0 Å². The summed E-state index contributed by atoms with van der Waals surface area (Å²) in [6.07, 6.45) is 6.44. The molecule has 1 heterocycles. The summed E-state index contributed by atoms with van der Waals surface area (Å²) in [5.41, 5.74) is 1.98. The molecule has 3 aliphatic rings. The van der Waals surface area contributed by atoms with Crippen LogP contribution >= 0.6 is 0 Å². The van der Waals surface area contributed by atoms with Crippen molar-refractivity contribution in [1.82, 2.24) is 10.6 Å². The number of rotatable bonds is 13. The molecule has 43 heavy (non-hydrogen) atoms. The summed E-state index contributed by atoms with van der Waals surface area (Å²) >= 11 is 0. The van der Waals surface area contributed by atoms with Gasteiger partial charge in [0, 0.05) is 42.2 Å². The van der Waals surface area contributed by atoms with Gasteiger partial charge in [0.25, 0.3) is 5.91 Å².